The van der Waals surface area contributed by atoms with Crippen LogP contribution >= 0.6 is 12.4 Å². The van der Waals surface area contributed by atoms with Gasteiger partial charge in [-0.1, -0.05) is 22.9 Å². The molecule has 1 saturated heterocycles. The molecule has 0 aliphatic carbocycles. The smallest absolute Gasteiger partial charge is 0.258 e. The van der Waals surface area contributed by atoms with Gasteiger partial charge in [-0.3, -0.25) is 0 Å². The van der Waals surface area contributed by atoms with E-state index in [1.807, 2.05) is 6.92 Å². The third-order valence-corrected chi connectivity index (χ3v) is 3.30. The minimum Gasteiger partial charge on any atom is -0.378 e. The van der Waals surface area contributed by atoms with Gasteiger partial charge in [0, 0.05) is 12.1 Å². The summed E-state index contributed by atoms with van der Waals surface area (Å²) in [6, 6.07) is 6.23. The Morgan fingerprint density at radius 3 is 2.90 bits per heavy atom. The Balaban J connectivity index is 0.00000147. The first-order chi connectivity index (χ1) is 9.24. The fourth-order valence-corrected chi connectivity index (χ4v) is 2.18. The highest BCUT2D eigenvalue weighted by Gasteiger charge is 2.21. The maximum absolute atomic E-state index is 5.41. The zero-order valence-corrected chi connectivity index (χ0v) is 12.4. The van der Waals surface area contributed by atoms with Crippen LogP contribution in [-0.4, -0.2) is 29.9 Å². The maximum Gasteiger partial charge on any atom is 0.258 e. The number of nitrogens with one attached hydrogen (secondary N) is 1. The standard InChI is InChI=1S/C14H17N3O2.ClH/c1-9-3-4-10(2)11(7-9)14-16-13(17-19-14)12-8-18-6-5-15-12;/h3-4,7,12,15H,5-6,8H2,1-2H3;1H. The number of hydrogen-bond acceptors (Lipinski definition) is 5. The van der Waals surface area contributed by atoms with Gasteiger partial charge in [-0.05, 0) is 25.5 Å². The minimum atomic E-state index is 0. The average molecular weight is 296 g/mol. The van der Waals surface area contributed by atoms with Crippen LogP contribution in [0.5, 0.6) is 0 Å². The molecule has 1 aliphatic heterocycles. The molecule has 2 aromatic rings. The summed E-state index contributed by atoms with van der Waals surface area (Å²) in [7, 11) is 0. The first-order valence-electron chi connectivity index (χ1n) is 6.46. The van der Waals surface area contributed by atoms with Crippen molar-refractivity contribution in [3.63, 3.8) is 0 Å². The van der Waals surface area contributed by atoms with E-state index >= 15 is 0 Å². The van der Waals surface area contributed by atoms with Crippen molar-refractivity contribution in [1.82, 2.24) is 15.5 Å². The van der Waals surface area contributed by atoms with E-state index in [1.165, 1.54) is 5.56 Å². The Labute approximate surface area is 124 Å². The van der Waals surface area contributed by atoms with Gasteiger partial charge < -0.3 is 14.6 Å². The van der Waals surface area contributed by atoms with Gasteiger partial charge in [-0.25, -0.2) is 0 Å². The Morgan fingerprint density at radius 2 is 2.15 bits per heavy atom. The molecule has 6 heteroatoms. The Hall–Kier alpha value is -1.43. The molecule has 1 aliphatic rings. The SMILES string of the molecule is Cc1ccc(C)c(-c2nc(C3COCCN3)no2)c1.Cl. The largest absolute Gasteiger partial charge is 0.378 e. The van der Waals surface area contributed by atoms with E-state index in [0.717, 1.165) is 24.3 Å². The molecule has 0 spiro atoms. The molecule has 3 rings (SSSR count). The maximum atomic E-state index is 5.41. The number of hydrogen-bond donors (Lipinski definition) is 1. The molecule has 108 valence electrons. The summed E-state index contributed by atoms with van der Waals surface area (Å²) in [6.07, 6.45) is 0. The van der Waals surface area contributed by atoms with Crippen molar-refractivity contribution in [2.45, 2.75) is 19.9 Å². The number of halogens is 1. The van der Waals surface area contributed by atoms with Gasteiger partial charge in [-0.15, -0.1) is 12.4 Å². The van der Waals surface area contributed by atoms with Gasteiger partial charge in [-0.2, -0.15) is 4.98 Å². The quantitative estimate of drug-likeness (QED) is 0.922. The number of nitrogens with zero attached hydrogens (tertiary/aromatic N) is 2. The van der Waals surface area contributed by atoms with Crippen LogP contribution in [0.4, 0.5) is 0 Å². The first-order valence-corrected chi connectivity index (χ1v) is 6.46. The van der Waals surface area contributed by atoms with Crippen LogP contribution in [0.15, 0.2) is 22.7 Å². The highest BCUT2D eigenvalue weighted by atomic mass is 35.5. The summed E-state index contributed by atoms with van der Waals surface area (Å²) in [4.78, 5) is 4.49. The highest BCUT2D eigenvalue weighted by Crippen LogP contribution is 2.24. The molecule has 0 bridgehead atoms. The second-order valence-corrected chi connectivity index (χ2v) is 4.86. The number of aromatic nitrogens is 2. The molecule has 1 N–H and O–H groups in total. The summed E-state index contributed by atoms with van der Waals surface area (Å²) >= 11 is 0. The van der Waals surface area contributed by atoms with Crippen LogP contribution in [0.3, 0.4) is 0 Å². The summed E-state index contributed by atoms with van der Waals surface area (Å²) in [5.41, 5.74) is 3.31. The second kappa shape index (κ2) is 6.35. The number of morpholine rings is 1. The molecule has 1 aromatic carbocycles. The molecular formula is C14H18ClN3O2. The van der Waals surface area contributed by atoms with Crippen molar-refractivity contribution in [2.24, 2.45) is 0 Å². The molecule has 5 nitrogen and oxygen atoms in total. The topological polar surface area (TPSA) is 60.2 Å². The highest BCUT2D eigenvalue weighted by molar-refractivity contribution is 5.85. The van der Waals surface area contributed by atoms with E-state index < -0.39 is 0 Å². The van der Waals surface area contributed by atoms with Crippen molar-refractivity contribution in [3.8, 4) is 11.5 Å². The number of rotatable bonds is 2. The predicted molar refractivity (Wildman–Crippen MR) is 78.0 cm³/mol. The van der Waals surface area contributed by atoms with E-state index in [9.17, 15) is 0 Å². The predicted octanol–water partition coefficient (Wildman–Crippen LogP) is 2.44. The lowest BCUT2D eigenvalue weighted by Crippen LogP contribution is -2.35. The van der Waals surface area contributed by atoms with E-state index in [-0.39, 0.29) is 18.4 Å². The number of aryl methyl sites for hydroxylation is 2. The van der Waals surface area contributed by atoms with Crippen LogP contribution in [0.2, 0.25) is 0 Å². The fraction of sp³-hybridized carbons (Fsp3) is 0.429. The molecule has 1 fully saturated rings. The molecule has 0 radical (unpaired) electrons. The van der Waals surface area contributed by atoms with Crippen molar-refractivity contribution >= 4 is 12.4 Å². The van der Waals surface area contributed by atoms with Gasteiger partial charge in [0.2, 0.25) is 0 Å². The molecule has 20 heavy (non-hydrogen) atoms. The Morgan fingerprint density at radius 1 is 1.30 bits per heavy atom. The van der Waals surface area contributed by atoms with Crippen LogP contribution in [0, 0.1) is 13.8 Å². The monoisotopic (exact) mass is 295 g/mol. The van der Waals surface area contributed by atoms with Crippen molar-refractivity contribution in [1.29, 1.82) is 0 Å². The van der Waals surface area contributed by atoms with Crippen LogP contribution in [0.1, 0.15) is 23.0 Å². The second-order valence-electron chi connectivity index (χ2n) is 4.86. The Bertz CT molecular complexity index is 580. The minimum absolute atomic E-state index is 0. The number of ether oxygens (including phenoxy) is 1. The van der Waals surface area contributed by atoms with E-state index in [0.29, 0.717) is 18.3 Å². The summed E-state index contributed by atoms with van der Waals surface area (Å²) in [5.74, 6) is 1.24. The molecule has 1 atom stereocenters. The van der Waals surface area contributed by atoms with E-state index in [2.05, 4.69) is 40.6 Å². The Kier molecular flexibility index (Phi) is 4.75. The summed E-state index contributed by atoms with van der Waals surface area (Å²) in [6.45, 7) is 6.24. The third kappa shape index (κ3) is 3.00. The van der Waals surface area contributed by atoms with Gasteiger partial charge in [0.05, 0.1) is 19.3 Å². The van der Waals surface area contributed by atoms with Crippen molar-refractivity contribution < 1.29 is 9.26 Å². The van der Waals surface area contributed by atoms with Gasteiger partial charge in [0.1, 0.15) is 0 Å². The van der Waals surface area contributed by atoms with Crippen LogP contribution in [0.25, 0.3) is 11.5 Å². The normalized spacial score (nSPS) is 18.6. The first kappa shape index (κ1) is 15.0. The average Bonchev–Trinajstić information content (AvgIpc) is 2.92. The van der Waals surface area contributed by atoms with Gasteiger partial charge in [0.15, 0.2) is 5.82 Å². The van der Waals surface area contributed by atoms with Crippen LogP contribution < -0.4 is 5.32 Å². The molecular weight excluding hydrogens is 278 g/mol. The van der Waals surface area contributed by atoms with E-state index in [4.69, 9.17) is 9.26 Å². The molecule has 1 aromatic heterocycles. The molecule has 0 amide bonds. The third-order valence-electron chi connectivity index (χ3n) is 3.30. The lowest BCUT2D eigenvalue weighted by molar-refractivity contribution is 0.0734. The molecule has 0 saturated carbocycles. The van der Waals surface area contributed by atoms with Gasteiger partial charge in [0.25, 0.3) is 5.89 Å². The van der Waals surface area contributed by atoms with Gasteiger partial charge >= 0.3 is 0 Å². The van der Waals surface area contributed by atoms with E-state index in [1.54, 1.807) is 0 Å². The molecule has 2 heterocycles. The zero-order valence-electron chi connectivity index (χ0n) is 11.5. The van der Waals surface area contributed by atoms with Crippen molar-refractivity contribution in [2.75, 3.05) is 19.8 Å². The number of benzene rings is 1. The van der Waals surface area contributed by atoms with Crippen LogP contribution in [-0.2, 0) is 4.74 Å². The zero-order chi connectivity index (χ0) is 13.2. The summed E-state index contributed by atoms with van der Waals surface area (Å²) in [5, 5.41) is 7.37. The lowest BCUT2D eigenvalue weighted by Gasteiger charge is -2.20. The lowest BCUT2D eigenvalue weighted by atomic mass is 10.1. The summed E-state index contributed by atoms with van der Waals surface area (Å²) < 4.78 is 10.8. The van der Waals surface area contributed by atoms with Crippen molar-refractivity contribution in [3.05, 3.63) is 35.2 Å². The fourth-order valence-electron chi connectivity index (χ4n) is 2.18. The molecule has 1 unspecified atom stereocenters.